The van der Waals surface area contributed by atoms with Crippen LogP contribution in [0.3, 0.4) is 0 Å². The largest absolute Gasteiger partial charge is 0.385 e. The Morgan fingerprint density at radius 2 is 1.71 bits per heavy atom. The first kappa shape index (κ1) is 9.72. The van der Waals surface area contributed by atoms with E-state index in [1.807, 2.05) is 19.1 Å². The summed E-state index contributed by atoms with van der Waals surface area (Å²) in [5.74, 6) is 0. The highest BCUT2D eigenvalue weighted by Crippen LogP contribution is 2.57. The Morgan fingerprint density at radius 3 is 2.14 bits per heavy atom. The van der Waals surface area contributed by atoms with Crippen molar-refractivity contribution in [3.05, 3.63) is 35.4 Å². The van der Waals surface area contributed by atoms with Crippen LogP contribution in [0.5, 0.6) is 0 Å². The summed E-state index contributed by atoms with van der Waals surface area (Å²) in [6, 6.07) is 8.21. The van der Waals surface area contributed by atoms with Gasteiger partial charge in [0.25, 0.3) is 0 Å². The second-order valence-corrected chi connectivity index (χ2v) is 5.00. The van der Waals surface area contributed by atoms with E-state index in [9.17, 15) is 5.11 Å². The van der Waals surface area contributed by atoms with Gasteiger partial charge in [0.15, 0.2) is 0 Å². The molecule has 14 heavy (non-hydrogen) atoms. The van der Waals surface area contributed by atoms with Gasteiger partial charge in [-0.1, -0.05) is 36.8 Å². The Balaban J connectivity index is 2.34. The van der Waals surface area contributed by atoms with Gasteiger partial charge < -0.3 is 5.11 Å². The second-order valence-electron chi connectivity index (χ2n) is 5.00. The van der Waals surface area contributed by atoms with Crippen LogP contribution >= 0.6 is 0 Å². The van der Waals surface area contributed by atoms with Crippen LogP contribution in [-0.4, -0.2) is 5.11 Å². The average Bonchev–Trinajstić information content (AvgIpc) is 2.86. The van der Waals surface area contributed by atoms with Gasteiger partial charge in [0.1, 0.15) is 0 Å². The first-order valence-electron chi connectivity index (χ1n) is 5.25. The molecule has 0 heterocycles. The van der Waals surface area contributed by atoms with Crippen molar-refractivity contribution >= 4 is 0 Å². The maximum atomic E-state index is 10.5. The molecule has 1 aromatic rings. The normalized spacial score (nSPS) is 22.9. The average molecular weight is 190 g/mol. The minimum atomic E-state index is -0.666. The van der Waals surface area contributed by atoms with Crippen molar-refractivity contribution < 1.29 is 5.11 Å². The van der Waals surface area contributed by atoms with Gasteiger partial charge in [-0.3, -0.25) is 0 Å². The molecule has 0 amide bonds. The smallest absolute Gasteiger partial charge is 0.0921 e. The molecule has 1 aromatic carbocycles. The molecule has 1 heteroatoms. The molecule has 0 radical (unpaired) electrons. The molecule has 1 aliphatic carbocycles. The SMILES string of the molecule is Cc1ccc([C@@](C)(O)C2(C)CC2)cc1. The molecular formula is C13H18O. The summed E-state index contributed by atoms with van der Waals surface area (Å²) in [4.78, 5) is 0. The number of aliphatic hydroxyl groups is 1. The standard InChI is InChI=1S/C13H18O/c1-10-4-6-11(7-5-10)13(3,14)12(2)8-9-12/h4-7,14H,8-9H2,1-3H3/t13-/m1/s1. The molecule has 1 saturated carbocycles. The van der Waals surface area contributed by atoms with Crippen molar-refractivity contribution in [3.63, 3.8) is 0 Å². The summed E-state index contributed by atoms with van der Waals surface area (Å²) in [7, 11) is 0. The summed E-state index contributed by atoms with van der Waals surface area (Å²) >= 11 is 0. The Labute approximate surface area is 85.8 Å². The van der Waals surface area contributed by atoms with Gasteiger partial charge in [0, 0.05) is 5.41 Å². The minimum absolute atomic E-state index is 0.0995. The van der Waals surface area contributed by atoms with Crippen LogP contribution in [0.25, 0.3) is 0 Å². The highest BCUT2D eigenvalue weighted by molar-refractivity contribution is 5.29. The van der Waals surface area contributed by atoms with Gasteiger partial charge in [-0.2, -0.15) is 0 Å². The van der Waals surface area contributed by atoms with Crippen LogP contribution < -0.4 is 0 Å². The quantitative estimate of drug-likeness (QED) is 0.760. The molecule has 1 nitrogen and oxygen atoms in total. The Kier molecular flexibility index (Phi) is 1.97. The van der Waals surface area contributed by atoms with Gasteiger partial charge in [-0.15, -0.1) is 0 Å². The second kappa shape index (κ2) is 2.83. The van der Waals surface area contributed by atoms with Gasteiger partial charge in [-0.25, -0.2) is 0 Å². The van der Waals surface area contributed by atoms with E-state index in [4.69, 9.17) is 0 Å². The Bertz CT molecular complexity index is 331. The third-order valence-electron chi connectivity index (χ3n) is 3.79. The zero-order chi connectivity index (χ0) is 10.4. The van der Waals surface area contributed by atoms with E-state index in [0.717, 1.165) is 18.4 Å². The lowest BCUT2D eigenvalue weighted by atomic mass is 9.81. The molecule has 0 spiro atoms. The van der Waals surface area contributed by atoms with Gasteiger partial charge in [0.2, 0.25) is 0 Å². The van der Waals surface area contributed by atoms with Gasteiger partial charge >= 0.3 is 0 Å². The maximum absolute atomic E-state index is 10.5. The van der Waals surface area contributed by atoms with Crippen molar-refractivity contribution in [2.75, 3.05) is 0 Å². The van der Waals surface area contributed by atoms with Gasteiger partial charge in [-0.05, 0) is 32.3 Å². The lowest BCUT2D eigenvalue weighted by Crippen LogP contribution is -2.31. The van der Waals surface area contributed by atoms with E-state index in [2.05, 4.69) is 26.0 Å². The van der Waals surface area contributed by atoms with E-state index in [0.29, 0.717) is 0 Å². The van der Waals surface area contributed by atoms with Crippen molar-refractivity contribution in [1.82, 2.24) is 0 Å². The van der Waals surface area contributed by atoms with Crippen LogP contribution in [0.4, 0.5) is 0 Å². The Hall–Kier alpha value is -0.820. The van der Waals surface area contributed by atoms with Crippen LogP contribution in [0.15, 0.2) is 24.3 Å². The molecule has 0 unspecified atom stereocenters. The predicted molar refractivity (Wildman–Crippen MR) is 58.1 cm³/mol. The fraction of sp³-hybridized carbons (Fsp3) is 0.538. The van der Waals surface area contributed by atoms with E-state index in [1.54, 1.807) is 0 Å². The van der Waals surface area contributed by atoms with Crippen molar-refractivity contribution in [1.29, 1.82) is 0 Å². The monoisotopic (exact) mass is 190 g/mol. The number of benzene rings is 1. The zero-order valence-electron chi connectivity index (χ0n) is 9.17. The third kappa shape index (κ3) is 1.36. The van der Waals surface area contributed by atoms with Crippen LogP contribution in [-0.2, 0) is 5.60 Å². The molecule has 1 atom stereocenters. The van der Waals surface area contributed by atoms with Crippen molar-refractivity contribution in [2.45, 2.75) is 39.2 Å². The van der Waals surface area contributed by atoms with Gasteiger partial charge in [0.05, 0.1) is 5.60 Å². The molecule has 1 aliphatic rings. The number of hydrogen-bond acceptors (Lipinski definition) is 1. The first-order chi connectivity index (χ1) is 6.46. The predicted octanol–water partition coefficient (Wildman–Crippen LogP) is 3.00. The third-order valence-corrected chi connectivity index (χ3v) is 3.79. The van der Waals surface area contributed by atoms with E-state index >= 15 is 0 Å². The summed E-state index contributed by atoms with van der Waals surface area (Å²) in [6.07, 6.45) is 2.27. The highest BCUT2D eigenvalue weighted by atomic mass is 16.3. The maximum Gasteiger partial charge on any atom is 0.0921 e. The van der Waals surface area contributed by atoms with E-state index < -0.39 is 5.60 Å². The zero-order valence-corrected chi connectivity index (χ0v) is 9.17. The molecular weight excluding hydrogens is 172 g/mol. The molecule has 0 saturated heterocycles. The number of aryl methyl sites for hydroxylation is 1. The summed E-state index contributed by atoms with van der Waals surface area (Å²) < 4.78 is 0. The van der Waals surface area contributed by atoms with Crippen LogP contribution in [0, 0.1) is 12.3 Å². The summed E-state index contributed by atoms with van der Waals surface area (Å²) in [6.45, 7) is 6.16. The minimum Gasteiger partial charge on any atom is -0.385 e. The topological polar surface area (TPSA) is 20.2 Å². The molecule has 1 N–H and O–H groups in total. The van der Waals surface area contributed by atoms with E-state index in [-0.39, 0.29) is 5.41 Å². The van der Waals surface area contributed by atoms with Crippen LogP contribution in [0.1, 0.15) is 37.8 Å². The molecule has 0 aliphatic heterocycles. The van der Waals surface area contributed by atoms with E-state index in [1.165, 1.54) is 5.56 Å². The molecule has 0 bridgehead atoms. The molecule has 2 rings (SSSR count). The molecule has 0 aromatic heterocycles. The fourth-order valence-corrected chi connectivity index (χ4v) is 1.90. The van der Waals surface area contributed by atoms with Crippen molar-refractivity contribution in [3.8, 4) is 0 Å². The summed E-state index contributed by atoms with van der Waals surface area (Å²) in [5, 5.41) is 10.5. The fourth-order valence-electron chi connectivity index (χ4n) is 1.90. The molecule has 76 valence electrons. The lowest BCUT2D eigenvalue weighted by molar-refractivity contribution is -0.0126. The highest BCUT2D eigenvalue weighted by Gasteiger charge is 2.52. The first-order valence-corrected chi connectivity index (χ1v) is 5.25. The number of rotatable bonds is 2. The lowest BCUT2D eigenvalue weighted by Gasteiger charge is -2.31. The summed E-state index contributed by atoms with van der Waals surface area (Å²) in [5.41, 5.74) is 1.72. The van der Waals surface area contributed by atoms with Crippen LogP contribution in [0.2, 0.25) is 0 Å². The Morgan fingerprint density at radius 1 is 1.21 bits per heavy atom. The number of hydrogen-bond donors (Lipinski definition) is 1. The molecule has 1 fully saturated rings. The van der Waals surface area contributed by atoms with Crippen molar-refractivity contribution in [2.24, 2.45) is 5.41 Å².